The molecule has 0 bridgehead atoms. The number of rotatable bonds is 11. The molecule has 4 rings (SSSR count). The number of amides is 2. The Morgan fingerprint density at radius 1 is 1.02 bits per heavy atom. The van der Waals surface area contributed by atoms with E-state index in [1.54, 1.807) is 7.11 Å². The smallest absolute Gasteiger partial charge is 0.333 e. The van der Waals surface area contributed by atoms with Crippen LogP contribution in [0.15, 0.2) is 40.5 Å². The molecule has 0 atom stereocenters. The van der Waals surface area contributed by atoms with E-state index in [1.165, 1.54) is 0 Å². The number of imide groups is 1. The van der Waals surface area contributed by atoms with Gasteiger partial charge < -0.3 is 23.9 Å². The average Bonchev–Trinajstić information content (AvgIpc) is 3.55. The molecule has 2 aliphatic rings. The highest BCUT2D eigenvalue weighted by Gasteiger charge is 2.33. The van der Waals surface area contributed by atoms with Crippen molar-refractivity contribution in [1.29, 1.82) is 0 Å². The molecule has 0 aliphatic carbocycles. The van der Waals surface area contributed by atoms with Gasteiger partial charge in [-0.2, -0.15) is 0 Å². The summed E-state index contributed by atoms with van der Waals surface area (Å²) in [5.41, 5.74) is 10.3. The molecule has 1 saturated heterocycles. The van der Waals surface area contributed by atoms with Gasteiger partial charge in [-0.15, -0.1) is 5.06 Å². The lowest BCUT2D eigenvalue weighted by Crippen LogP contribution is -2.32. The van der Waals surface area contributed by atoms with E-state index in [0.717, 1.165) is 62.2 Å². The van der Waals surface area contributed by atoms with E-state index >= 15 is 0 Å². The summed E-state index contributed by atoms with van der Waals surface area (Å²) in [6.45, 7) is 11.6. The Kier molecular flexibility index (Phi) is 9.47. The van der Waals surface area contributed by atoms with Gasteiger partial charge in [0.2, 0.25) is 0 Å². The summed E-state index contributed by atoms with van der Waals surface area (Å²) in [7, 11) is 7.79. The molecule has 1 aromatic carbocycles. The first-order chi connectivity index (χ1) is 20.4. The van der Waals surface area contributed by atoms with E-state index in [2.05, 4.69) is 73.4 Å². The summed E-state index contributed by atoms with van der Waals surface area (Å²) in [5.74, 6) is -0.829. The van der Waals surface area contributed by atoms with Crippen molar-refractivity contribution in [1.82, 2.24) is 9.63 Å². The van der Waals surface area contributed by atoms with Crippen molar-refractivity contribution in [3.8, 4) is 5.75 Å². The quantitative estimate of drug-likeness (QED) is 0.336. The molecule has 43 heavy (non-hydrogen) atoms. The zero-order valence-electron chi connectivity index (χ0n) is 26.8. The minimum atomic E-state index is -0.597. The zero-order chi connectivity index (χ0) is 31.6. The maximum Gasteiger partial charge on any atom is 0.333 e. The molecule has 2 aliphatic heterocycles. The number of hydrogen-bond acceptors (Lipinski definition) is 8. The predicted octanol–water partition coefficient (Wildman–Crippen LogP) is 5.11. The van der Waals surface area contributed by atoms with Crippen LogP contribution in [-0.2, 0) is 26.3 Å². The number of methoxy groups -OCH3 is 1. The molecular formula is C33H43N5O5. The van der Waals surface area contributed by atoms with Gasteiger partial charge in [0, 0.05) is 82.1 Å². The number of benzene rings is 1. The van der Waals surface area contributed by atoms with Gasteiger partial charge in [-0.05, 0) is 70.4 Å². The van der Waals surface area contributed by atoms with Crippen molar-refractivity contribution in [3.63, 3.8) is 0 Å². The molecule has 0 radical (unpaired) electrons. The number of hydroxylamine groups is 2. The lowest BCUT2D eigenvalue weighted by atomic mass is 9.93. The standard InChI is InChI=1S/C33H43N5O5/c1-10-37(15-11-12-30(41)43-38-28(39)13-14-29(38)40)26-19-27(42-9)24(18-25(26)35(6)7)31(32-20(2)16-22(4)34-32)33-21(3)17-23(5)36(33)8/h16-19H,10-15H2,1-9H3/b32-31-. The van der Waals surface area contributed by atoms with Crippen LogP contribution in [0.4, 0.5) is 11.4 Å². The Morgan fingerprint density at radius 3 is 2.21 bits per heavy atom. The first kappa shape index (κ1) is 31.6. The fourth-order valence-electron chi connectivity index (χ4n) is 5.78. The first-order valence-electron chi connectivity index (χ1n) is 14.7. The molecule has 2 amide bonds. The molecule has 1 aromatic heterocycles. The summed E-state index contributed by atoms with van der Waals surface area (Å²) in [5, 5.41) is 0.600. The Balaban J connectivity index is 1.72. The molecule has 0 saturated carbocycles. The van der Waals surface area contributed by atoms with Crippen molar-refractivity contribution in [2.75, 3.05) is 44.1 Å². The minimum absolute atomic E-state index is 0.0737. The molecule has 1 fully saturated rings. The van der Waals surface area contributed by atoms with Gasteiger partial charge in [0.1, 0.15) is 5.75 Å². The number of aromatic nitrogens is 1. The molecule has 0 spiro atoms. The van der Waals surface area contributed by atoms with Crippen LogP contribution in [0.5, 0.6) is 5.75 Å². The molecule has 230 valence electrons. The van der Waals surface area contributed by atoms with Crippen molar-refractivity contribution < 1.29 is 24.0 Å². The Morgan fingerprint density at radius 2 is 1.70 bits per heavy atom. The lowest BCUT2D eigenvalue weighted by Gasteiger charge is -2.30. The number of ether oxygens (including phenoxy) is 1. The zero-order valence-corrected chi connectivity index (χ0v) is 26.8. The fourth-order valence-corrected chi connectivity index (χ4v) is 5.78. The van der Waals surface area contributed by atoms with Crippen LogP contribution >= 0.6 is 0 Å². The largest absolute Gasteiger partial charge is 0.496 e. The summed E-state index contributed by atoms with van der Waals surface area (Å²) < 4.78 is 8.27. The third kappa shape index (κ3) is 6.38. The number of hydrogen-bond donors (Lipinski definition) is 0. The van der Waals surface area contributed by atoms with Crippen LogP contribution in [0.2, 0.25) is 0 Å². The molecule has 3 heterocycles. The second-order valence-electron chi connectivity index (χ2n) is 11.3. The second-order valence-corrected chi connectivity index (χ2v) is 11.3. The maximum atomic E-state index is 12.4. The van der Waals surface area contributed by atoms with Gasteiger partial charge in [0.25, 0.3) is 11.8 Å². The Bertz CT molecular complexity index is 1530. The van der Waals surface area contributed by atoms with Crippen LogP contribution in [0.1, 0.15) is 69.0 Å². The van der Waals surface area contributed by atoms with Crippen LogP contribution in [0.3, 0.4) is 0 Å². The second kappa shape index (κ2) is 12.9. The molecule has 2 aromatic rings. The Hall–Kier alpha value is -4.34. The van der Waals surface area contributed by atoms with Crippen molar-refractivity contribution in [2.45, 2.75) is 60.3 Å². The molecular weight excluding hydrogens is 546 g/mol. The highest BCUT2D eigenvalue weighted by Crippen LogP contribution is 2.44. The number of carbonyl (C=O) groups excluding carboxylic acids is 3. The molecule has 0 N–H and O–H groups in total. The number of aryl methyl sites for hydroxylation is 2. The van der Waals surface area contributed by atoms with Gasteiger partial charge in [-0.3, -0.25) is 14.6 Å². The first-order valence-corrected chi connectivity index (χ1v) is 14.7. The van der Waals surface area contributed by atoms with Crippen molar-refractivity contribution in [2.24, 2.45) is 12.0 Å². The third-order valence-corrected chi connectivity index (χ3v) is 8.00. The van der Waals surface area contributed by atoms with Crippen molar-refractivity contribution in [3.05, 3.63) is 58.1 Å². The molecule has 0 unspecified atom stereocenters. The van der Waals surface area contributed by atoms with Crippen LogP contribution in [0.25, 0.3) is 5.57 Å². The number of allylic oxidation sites excluding steroid dienone is 2. The highest BCUT2D eigenvalue weighted by molar-refractivity contribution is 6.02. The fraction of sp³-hybridized carbons (Fsp3) is 0.455. The van der Waals surface area contributed by atoms with Gasteiger partial charge in [0.05, 0.1) is 29.9 Å². The van der Waals surface area contributed by atoms with Crippen molar-refractivity contribution >= 4 is 40.4 Å². The van der Waals surface area contributed by atoms with Crippen LogP contribution < -0.4 is 14.5 Å². The highest BCUT2D eigenvalue weighted by atomic mass is 16.7. The van der Waals surface area contributed by atoms with E-state index in [-0.39, 0.29) is 19.3 Å². The Labute approximate surface area is 254 Å². The molecule has 10 nitrogen and oxygen atoms in total. The summed E-state index contributed by atoms with van der Waals surface area (Å²) in [4.78, 5) is 50.3. The number of nitrogens with zero attached hydrogens (tertiary/aromatic N) is 5. The third-order valence-electron chi connectivity index (χ3n) is 8.00. The summed E-state index contributed by atoms with van der Waals surface area (Å²) in [6, 6.07) is 6.41. The van der Waals surface area contributed by atoms with E-state index in [9.17, 15) is 14.4 Å². The average molecular weight is 590 g/mol. The topological polar surface area (TPSA) is 96.7 Å². The van der Waals surface area contributed by atoms with E-state index in [1.807, 2.05) is 21.0 Å². The maximum absolute atomic E-state index is 12.4. The van der Waals surface area contributed by atoms with Gasteiger partial charge in [-0.1, -0.05) is 0 Å². The van der Waals surface area contributed by atoms with Crippen LogP contribution in [0, 0.1) is 13.8 Å². The minimum Gasteiger partial charge on any atom is -0.496 e. The van der Waals surface area contributed by atoms with Gasteiger partial charge in [0.15, 0.2) is 0 Å². The van der Waals surface area contributed by atoms with Gasteiger partial charge in [-0.25, -0.2) is 4.79 Å². The number of aliphatic imine (C=N–C) groups is 1. The predicted molar refractivity (Wildman–Crippen MR) is 169 cm³/mol. The SMILES string of the molecule is CCN(CCCC(=O)ON1C(=O)CCC1=O)c1cc(OC)c(/C(=C2/N=C(C)C=C2C)c2c(C)cc(C)n2C)cc1N(C)C. The summed E-state index contributed by atoms with van der Waals surface area (Å²) in [6.07, 6.45) is 2.81. The lowest BCUT2D eigenvalue weighted by molar-refractivity contribution is -0.197. The van der Waals surface area contributed by atoms with E-state index < -0.39 is 17.8 Å². The summed E-state index contributed by atoms with van der Waals surface area (Å²) >= 11 is 0. The number of carbonyl (C=O) groups is 3. The normalized spacial score (nSPS) is 16.0. The van der Waals surface area contributed by atoms with E-state index in [4.69, 9.17) is 14.6 Å². The van der Waals surface area contributed by atoms with E-state index in [0.29, 0.717) is 24.6 Å². The monoisotopic (exact) mass is 589 g/mol. The van der Waals surface area contributed by atoms with Crippen LogP contribution in [-0.4, -0.2) is 67.4 Å². The molecule has 10 heteroatoms. The number of anilines is 2. The van der Waals surface area contributed by atoms with Gasteiger partial charge >= 0.3 is 5.97 Å².